The van der Waals surface area contributed by atoms with Crippen molar-refractivity contribution in [3.05, 3.63) is 5.82 Å². The van der Waals surface area contributed by atoms with Crippen LogP contribution in [0.5, 0.6) is 0 Å². The van der Waals surface area contributed by atoms with Crippen LogP contribution in [0.15, 0.2) is 0 Å². The normalized spacial score (nSPS) is 14.1. The lowest BCUT2D eigenvalue weighted by Crippen LogP contribution is -2.33. The predicted molar refractivity (Wildman–Crippen MR) is 74.8 cm³/mol. The molecule has 1 aromatic rings. The molecule has 1 unspecified atom stereocenters. The van der Waals surface area contributed by atoms with Crippen molar-refractivity contribution in [3.63, 3.8) is 0 Å². The number of tetrazole rings is 1. The fourth-order valence-corrected chi connectivity index (χ4v) is 1.94. The molecule has 0 aromatic carbocycles. The van der Waals surface area contributed by atoms with Crippen LogP contribution < -0.4 is 5.32 Å². The number of ether oxygens (including phenoxy) is 1. The van der Waals surface area contributed by atoms with E-state index in [0.717, 1.165) is 12.4 Å². The summed E-state index contributed by atoms with van der Waals surface area (Å²) in [6, 6.07) is 0.134. The Hall–Kier alpha value is -1.01. The first-order chi connectivity index (χ1) is 8.85. The van der Waals surface area contributed by atoms with Crippen molar-refractivity contribution in [1.29, 1.82) is 0 Å². The summed E-state index contributed by atoms with van der Waals surface area (Å²) >= 11 is 0. The highest BCUT2D eigenvalue weighted by Crippen LogP contribution is 2.15. The van der Waals surface area contributed by atoms with Gasteiger partial charge in [-0.2, -0.15) is 0 Å². The van der Waals surface area contributed by atoms with Crippen LogP contribution in [0.1, 0.15) is 53.4 Å². The number of nitrogens with one attached hydrogen (secondary N) is 1. The third kappa shape index (κ3) is 5.24. The zero-order valence-corrected chi connectivity index (χ0v) is 13.0. The minimum Gasteiger partial charge on any atom is -0.374 e. The zero-order valence-electron chi connectivity index (χ0n) is 13.0. The standard InChI is InChI=1S/C13H27N5O/c1-7-19-13(5,6)9-18-12(15-16-17-18)11(4)14-8-10(2)3/h10-11,14H,7-9H2,1-6H3. The molecule has 0 fully saturated rings. The summed E-state index contributed by atoms with van der Waals surface area (Å²) in [5.41, 5.74) is -0.267. The van der Waals surface area contributed by atoms with E-state index in [9.17, 15) is 0 Å². The molecule has 0 amide bonds. The van der Waals surface area contributed by atoms with Crippen LogP contribution in [0.4, 0.5) is 0 Å². The summed E-state index contributed by atoms with van der Waals surface area (Å²) in [5.74, 6) is 1.46. The van der Waals surface area contributed by atoms with Crippen molar-refractivity contribution in [3.8, 4) is 0 Å². The molecule has 0 bridgehead atoms. The molecule has 1 heterocycles. The largest absolute Gasteiger partial charge is 0.374 e. The van der Waals surface area contributed by atoms with E-state index in [1.54, 1.807) is 0 Å². The topological polar surface area (TPSA) is 64.9 Å². The molecule has 0 spiro atoms. The van der Waals surface area contributed by atoms with Crippen LogP contribution in [0, 0.1) is 5.92 Å². The highest BCUT2D eigenvalue weighted by molar-refractivity contribution is 4.91. The van der Waals surface area contributed by atoms with Gasteiger partial charge in [-0.25, -0.2) is 4.68 Å². The summed E-state index contributed by atoms with van der Waals surface area (Å²) < 4.78 is 7.53. The Bertz CT molecular complexity index is 375. The third-order valence-corrected chi connectivity index (χ3v) is 2.84. The number of aromatic nitrogens is 4. The van der Waals surface area contributed by atoms with Crippen molar-refractivity contribution in [2.24, 2.45) is 5.92 Å². The van der Waals surface area contributed by atoms with E-state index in [1.165, 1.54) is 0 Å². The van der Waals surface area contributed by atoms with Gasteiger partial charge in [0.05, 0.1) is 18.2 Å². The van der Waals surface area contributed by atoms with E-state index in [2.05, 4.69) is 41.6 Å². The molecule has 1 atom stereocenters. The van der Waals surface area contributed by atoms with Crippen LogP contribution in [0.3, 0.4) is 0 Å². The Morgan fingerprint density at radius 2 is 2.00 bits per heavy atom. The smallest absolute Gasteiger partial charge is 0.168 e. The number of nitrogens with zero attached hydrogens (tertiary/aromatic N) is 4. The quantitative estimate of drug-likeness (QED) is 0.779. The average Bonchev–Trinajstić information content (AvgIpc) is 2.72. The summed E-state index contributed by atoms with van der Waals surface area (Å²) in [6.07, 6.45) is 0. The first-order valence-electron chi connectivity index (χ1n) is 6.99. The van der Waals surface area contributed by atoms with Gasteiger partial charge in [0.1, 0.15) is 0 Å². The van der Waals surface area contributed by atoms with Crippen molar-refractivity contribution < 1.29 is 4.74 Å². The molecule has 1 N–H and O–H groups in total. The molecule has 19 heavy (non-hydrogen) atoms. The molecular formula is C13H27N5O. The number of hydrogen-bond donors (Lipinski definition) is 1. The van der Waals surface area contributed by atoms with Crippen LogP contribution in [-0.4, -0.2) is 39.0 Å². The molecule has 1 aromatic heterocycles. The second kappa shape index (κ2) is 6.96. The van der Waals surface area contributed by atoms with Gasteiger partial charge in [0, 0.05) is 6.61 Å². The van der Waals surface area contributed by atoms with Gasteiger partial charge >= 0.3 is 0 Å². The molecule has 0 saturated carbocycles. The molecule has 0 aliphatic rings. The van der Waals surface area contributed by atoms with Crippen molar-refractivity contribution in [2.45, 2.75) is 59.7 Å². The molecule has 0 aliphatic heterocycles. The Labute approximate surface area is 115 Å². The first kappa shape index (κ1) is 16.0. The summed E-state index contributed by atoms with van der Waals surface area (Å²) in [6.45, 7) is 14.8. The van der Waals surface area contributed by atoms with Gasteiger partial charge in [-0.1, -0.05) is 13.8 Å². The SMILES string of the molecule is CCOC(C)(C)Cn1nnnc1C(C)NCC(C)C. The van der Waals surface area contributed by atoms with Gasteiger partial charge in [0.2, 0.25) is 0 Å². The van der Waals surface area contributed by atoms with Crippen LogP contribution >= 0.6 is 0 Å². The maximum atomic E-state index is 5.70. The van der Waals surface area contributed by atoms with Crippen LogP contribution in [0.2, 0.25) is 0 Å². The maximum absolute atomic E-state index is 5.70. The summed E-state index contributed by atoms with van der Waals surface area (Å²) in [7, 11) is 0. The van der Waals surface area contributed by atoms with Gasteiger partial charge in [-0.05, 0) is 50.6 Å². The minimum absolute atomic E-state index is 0.134. The molecule has 0 saturated heterocycles. The second-order valence-corrected chi connectivity index (χ2v) is 5.91. The maximum Gasteiger partial charge on any atom is 0.168 e. The highest BCUT2D eigenvalue weighted by Gasteiger charge is 2.23. The van der Waals surface area contributed by atoms with E-state index in [4.69, 9.17) is 4.74 Å². The van der Waals surface area contributed by atoms with Gasteiger partial charge in [-0.15, -0.1) is 5.10 Å². The lowest BCUT2D eigenvalue weighted by molar-refractivity contribution is -0.0258. The van der Waals surface area contributed by atoms with Gasteiger partial charge in [-0.3, -0.25) is 0 Å². The van der Waals surface area contributed by atoms with E-state index in [-0.39, 0.29) is 11.6 Å². The fraction of sp³-hybridized carbons (Fsp3) is 0.923. The monoisotopic (exact) mass is 269 g/mol. The number of rotatable bonds is 8. The van der Waals surface area contributed by atoms with Crippen LogP contribution in [-0.2, 0) is 11.3 Å². The molecule has 110 valence electrons. The third-order valence-electron chi connectivity index (χ3n) is 2.84. The van der Waals surface area contributed by atoms with E-state index < -0.39 is 0 Å². The van der Waals surface area contributed by atoms with Crippen molar-refractivity contribution in [2.75, 3.05) is 13.2 Å². The second-order valence-electron chi connectivity index (χ2n) is 5.91. The number of hydrogen-bond acceptors (Lipinski definition) is 5. The molecule has 0 aliphatic carbocycles. The summed E-state index contributed by atoms with van der Waals surface area (Å²) in [5, 5.41) is 15.4. The van der Waals surface area contributed by atoms with Crippen LogP contribution in [0.25, 0.3) is 0 Å². The Balaban J connectivity index is 2.69. The zero-order chi connectivity index (χ0) is 14.5. The lowest BCUT2D eigenvalue weighted by Gasteiger charge is -2.25. The molecule has 6 nitrogen and oxygen atoms in total. The van der Waals surface area contributed by atoms with E-state index in [1.807, 2.05) is 25.5 Å². The first-order valence-corrected chi connectivity index (χ1v) is 6.99. The fourth-order valence-electron chi connectivity index (χ4n) is 1.94. The Morgan fingerprint density at radius 3 is 2.58 bits per heavy atom. The van der Waals surface area contributed by atoms with Gasteiger partial charge < -0.3 is 10.1 Å². The van der Waals surface area contributed by atoms with E-state index in [0.29, 0.717) is 19.1 Å². The molecule has 0 radical (unpaired) electrons. The lowest BCUT2D eigenvalue weighted by atomic mass is 10.1. The van der Waals surface area contributed by atoms with Crippen molar-refractivity contribution in [1.82, 2.24) is 25.5 Å². The molecule has 6 heteroatoms. The minimum atomic E-state index is -0.267. The average molecular weight is 269 g/mol. The van der Waals surface area contributed by atoms with Gasteiger partial charge in [0.25, 0.3) is 0 Å². The predicted octanol–water partition coefficient (Wildman–Crippen LogP) is 1.79. The highest BCUT2D eigenvalue weighted by atomic mass is 16.5. The molecule has 1 rings (SSSR count). The van der Waals surface area contributed by atoms with E-state index >= 15 is 0 Å². The summed E-state index contributed by atoms with van der Waals surface area (Å²) in [4.78, 5) is 0. The van der Waals surface area contributed by atoms with Gasteiger partial charge in [0.15, 0.2) is 5.82 Å². The molecular weight excluding hydrogens is 242 g/mol. The van der Waals surface area contributed by atoms with Crippen molar-refractivity contribution >= 4 is 0 Å². The Kier molecular flexibility index (Phi) is 5.87. The Morgan fingerprint density at radius 1 is 1.32 bits per heavy atom.